The van der Waals surface area contributed by atoms with Crippen molar-refractivity contribution in [3.63, 3.8) is 0 Å². The molecule has 0 radical (unpaired) electrons. The molecular weight excluding hydrogens is 595 g/mol. The molecule has 0 unspecified atom stereocenters. The molecule has 4 atom stereocenters. The third-order valence-corrected chi connectivity index (χ3v) is 10.5. The Bertz CT molecular complexity index is 1890. The maximum atomic E-state index is 17.5. The Morgan fingerprint density at radius 1 is 1.00 bits per heavy atom. The summed E-state index contributed by atoms with van der Waals surface area (Å²) in [6.45, 7) is 5.52. The van der Waals surface area contributed by atoms with Crippen LogP contribution in [0.1, 0.15) is 54.1 Å². The van der Waals surface area contributed by atoms with Crippen LogP contribution in [0.25, 0.3) is 22.3 Å². The van der Waals surface area contributed by atoms with Crippen molar-refractivity contribution >= 4 is 23.3 Å². The third-order valence-electron chi connectivity index (χ3n) is 10.5. The Morgan fingerprint density at radius 2 is 1.77 bits per heavy atom. The van der Waals surface area contributed by atoms with Crippen LogP contribution >= 0.6 is 0 Å². The molecule has 4 aliphatic rings. The Hall–Kier alpha value is -4.57. The number of aromatic nitrogens is 3. The first-order valence-corrected chi connectivity index (χ1v) is 16.6. The van der Waals surface area contributed by atoms with Gasteiger partial charge in [0, 0.05) is 48.6 Å². The first-order chi connectivity index (χ1) is 22.7. The van der Waals surface area contributed by atoms with Gasteiger partial charge < -0.3 is 20.3 Å². The van der Waals surface area contributed by atoms with Crippen molar-refractivity contribution in [2.75, 3.05) is 23.4 Å². The molecule has 0 spiro atoms. The van der Waals surface area contributed by atoms with Crippen molar-refractivity contribution in [3.05, 3.63) is 83.3 Å². The number of carbonyl (C=O) groups is 2. The summed E-state index contributed by atoms with van der Waals surface area (Å²) in [4.78, 5) is 34.0. The molecular formula is C37H39FN6O3. The molecule has 2 amide bonds. The van der Waals surface area contributed by atoms with Crippen LogP contribution in [0, 0.1) is 19.8 Å². The summed E-state index contributed by atoms with van der Waals surface area (Å²) in [6.07, 6.45) is 5.53. The normalized spacial score (nSPS) is 22.6. The Kier molecular flexibility index (Phi) is 7.16. The van der Waals surface area contributed by atoms with Gasteiger partial charge in [-0.05, 0) is 98.0 Å². The van der Waals surface area contributed by atoms with E-state index in [4.69, 9.17) is 4.74 Å². The Balaban J connectivity index is 1.08. The van der Waals surface area contributed by atoms with Gasteiger partial charge in [-0.3, -0.25) is 14.3 Å². The quantitative estimate of drug-likeness (QED) is 0.245. The van der Waals surface area contributed by atoms with Crippen LogP contribution in [-0.2, 0) is 27.8 Å². The zero-order valence-electron chi connectivity index (χ0n) is 26.9. The predicted molar refractivity (Wildman–Crippen MR) is 178 cm³/mol. The van der Waals surface area contributed by atoms with E-state index in [2.05, 4.69) is 37.7 Å². The zero-order chi connectivity index (χ0) is 32.4. The lowest BCUT2D eigenvalue weighted by atomic mass is 9.88. The fourth-order valence-electron chi connectivity index (χ4n) is 7.69. The monoisotopic (exact) mass is 634 g/mol. The van der Waals surface area contributed by atoms with E-state index >= 15 is 4.39 Å². The van der Waals surface area contributed by atoms with E-state index in [0.717, 1.165) is 70.2 Å². The molecule has 2 saturated heterocycles. The number of rotatable bonds is 8. The van der Waals surface area contributed by atoms with Crippen LogP contribution in [-0.4, -0.2) is 57.7 Å². The number of anilines is 2. The second-order valence-electron chi connectivity index (χ2n) is 13.6. The molecule has 2 bridgehead atoms. The Labute approximate surface area is 273 Å². The van der Waals surface area contributed by atoms with Crippen LogP contribution in [0.15, 0.2) is 60.8 Å². The fraction of sp³-hybridized carbons (Fsp3) is 0.405. The molecule has 1 saturated carbocycles. The molecule has 9 nitrogen and oxygen atoms in total. The molecule has 2 aromatic heterocycles. The van der Waals surface area contributed by atoms with Crippen molar-refractivity contribution in [3.8, 4) is 22.3 Å². The number of carbonyl (C=O) groups excluding carboxylic acids is 2. The van der Waals surface area contributed by atoms with Crippen LogP contribution in [0.3, 0.4) is 0 Å². The first kappa shape index (κ1) is 29.8. The van der Waals surface area contributed by atoms with Crippen molar-refractivity contribution in [1.29, 1.82) is 0 Å². The van der Waals surface area contributed by atoms with Crippen molar-refractivity contribution in [2.24, 2.45) is 13.0 Å². The number of ether oxygens (including phenoxy) is 1. The zero-order valence-corrected chi connectivity index (χ0v) is 26.9. The maximum absolute atomic E-state index is 17.5. The number of nitrogens with one attached hydrogen (secondary N) is 2. The van der Waals surface area contributed by atoms with Gasteiger partial charge in [0.05, 0.1) is 24.4 Å². The van der Waals surface area contributed by atoms with Gasteiger partial charge in [0.1, 0.15) is 5.82 Å². The number of hydrogen-bond donors (Lipinski definition) is 2. The van der Waals surface area contributed by atoms with Gasteiger partial charge >= 0.3 is 0 Å². The van der Waals surface area contributed by atoms with E-state index in [0.29, 0.717) is 37.4 Å². The summed E-state index contributed by atoms with van der Waals surface area (Å²) in [5.74, 6) is -4.09. The van der Waals surface area contributed by atoms with E-state index in [1.54, 1.807) is 12.1 Å². The average molecular weight is 635 g/mol. The average Bonchev–Trinajstić information content (AvgIpc) is 3.36. The fourth-order valence-corrected chi connectivity index (χ4v) is 7.69. The summed E-state index contributed by atoms with van der Waals surface area (Å²) in [6, 6.07) is 17.8. The number of aryl methyl sites for hydroxylation is 3. The molecule has 2 aliphatic carbocycles. The van der Waals surface area contributed by atoms with Crippen LogP contribution < -0.4 is 15.5 Å². The van der Waals surface area contributed by atoms with Crippen molar-refractivity contribution in [1.82, 2.24) is 20.1 Å². The Morgan fingerprint density at radius 3 is 2.45 bits per heavy atom. The van der Waals surface area contributed by atoms with Crippen LogP contribution in [0.2, 0.25) is 0 Å². The number of alkyl halides is 1. The van der Waals surface area contributed by atoms with Gasteiger partial charge in [0.25, 0.3) is 11.7 Å². The van der Waals surface area contributed by atoms with E-state index in [9.17, 15) is 9.59 Å². The predicted octanol–water partition coefficient (Wildman–Crippen LogP) is 5.60. The number of fused-ring (bicyclic) bond motifs is 3. The smallest absolute Gasteiger partial charge is 0.283 e. The van der Waals surface area contributed by atoms with Crippen LogP contribution in [0.5, 0.6) is 0 Å². The van der Waals surface area contributed by atoms with E-state index in [-0.39, 0.29) is 12.0 Å². The molecule has 8 rings (SSSR count). The minimum Gasteiger partial charge on any atom is -0.374 e. The largest absolute Gasteiger partial charge is 0.374 e. The highest BCUT2D eigenvalue weighted by atomic mass is 19.1. The second-order valence-corrected chi connectivity index (χ2v) is 13.6. The van der Waals surface area contributed by atoms with Crippen LogP contribution in [0.4, 0.5) is 15.9 Å². The molecule has 4 aromatic rings. The lowest BCUT2D eigenvalue weighted by molar-refractivity contribution is -0.139. The highest BCUT2D eigenvalue weighted by Crippen LogP contribution is 2.45. The number of morpholine rings is 1. The highest BCUT2D eigenvalue weighted by molar-refractivity contribution is 6.01. The highest BCUT2D eigenvalue weighted by Gasteiger charge is 2.52. The number of hydrogen-bond acceptors (Lipinski definition) is 6. The SMILES string of the molecule is Cc1nn(C)c(C)c1-c1ccc(NC(=O)[C@](F)(NC(=O)C2CC2)[C@@H]2CCc3ccc(-c4ccnc(N5C[C@@H]6C[C@H]5CO6)c4)cc32)cc1. The maximum Gasteiger partial charge on any atom is 0.283 e. The number of nitrogens with zero attached hydrogens (tertiary/aromatic N) is 4. The summed E-state index contributed by atoms with van der Waals surface area (Å²) >= 11 is 0. The van der Waals surface area contributed by atoms with Gasteiger partial charge in [-0.2, -0.15) is 5.10 Å². The molecule has 2 aromatic carbocycles. The summed E-state index contributed by atoms with van der Waals surface area (Å²) < 4.78 is 25.1. The number of pyridine rings is 1. The minimum absolute atomic E-state index is 0.253. The summed E-state index contributed by atoms with van der Waals surface area (Å²) in [5, 5.41) is 9.87. The first-order valence-electron chi connectivity index (χ1n) is 16.6. The van der Waals surface area contributed by atoms with E-state index in [1.807, 2.05) is 62.1 Å². The van der Waals surface area contributed by atoms with Crippen molar-refractivity contribution < 1.29 is 18.7 Å². The number of amides is 2. The number of benzene rings is 2. The summed E-state index contributed by atoms with van der Waals surface area (Å²) in [5.41, 5.74) is 8.03. The van der Waals surface area contributed by atoms with E-state index in [1.165, 1.54) is 0 Å². The summed E-state index contributed by atoms with van der Waals surface area (Å²) in [7, 11) is 1.91. The standard InChI is InChI=1S/C37H39FN6O3/c1-21-34(22(2)43(3)42-21)24-8-11-28(12-9-24)40-36(46)37(38,41-35(45)25-5-6-25)32-13-10-23-4-7-26(16-31(23)32)27-14-15-39-33(17-27)44-19-30-18-29(44)20-47-30/h4,7-9,11-12,14-17,25,29-30,32H,5-6,10,13,18-20H2,1-3H3,(H,40,46)(H,41,45)/t29-,30-,32+,37+/m0/s1. The van der Waals surface area contributed by atoms with E-state index < -0.39 is 23.5 Å². The van der Waals surface area contributed by atoms with Crippen molar-refractivity contribution in [2.45, 2.75) is 69.8 Å². The molecule has 3 fully saturated rings. The molecule has 2 N–H and O–H groups in total. The molecule has 10 heteroatoms. The van der Waals surface area contributed by atoms with Gasteiger partial charge in [-0.1, -0.05) is 30.3 Å². The van der Waals surface area contributed by atoms with Gasteiger partial charge in [0.15, 0.2) is 0 Å². The van der Waals surface area contributed by atoms with Gasteiger partial charge in [-0.25, -0.2) is 9.37 Å². The third kappa shape index (κ3) is 5.28. The van der Waals surface area contributed by atoms with Gasteiger partial charge in [0.2, 0.25) is 5.91 Å². The lowest BCUT2D eigenvalue weighted by Crippen LogP contribution is -2.57. The molecule has 4 heterocycles. The molecule has 2 aliphatic heterocycles. The van der Waals surface area contributed by atoms with Gasteiger partial charge in [-0.15, -0.1) is 0 Å². The minimum atomic E-state index is -2.63. The molecule has 242 valence electrons. The second kappa shape index (κ2) is 11.3. The number of halogens is 1. The lowest BCUT2D eigenvalue weighted by Gasteiger charge is -2.32. The topological polar surface area (TPSA) is 101 Å². The molecule has 47 heavy (non-hydrogen) atoms.